The van der Waals surface area contributed by atoms with Crippen LogP contribution in [0.2, 0.25) is 0 Å². The van der Waals surface area contributed by atoms with Gasteiger partial charge in [-0.25, -0.2) is 0 Å². The molecule has 1 aromatic carbocycles. The summed E-state index contributed by atoms with van der Waals surface area (Å²) in [6.07, 6.45) is 0. The van der Waals surface area contributed by atoms with Crippen LogP contribution in [0.25, 0.3) is 20.9 Å². The Morgan fingerprint density at radius 1 is 0.667 bits per heavy atom. The number of hydrogen-bond acceptors (Lipinski definition) is 2. The maximum absolute atomic E-state index is 2.40. The molecule has 2 heteroatoms. The van der Waals surface area contributed by atoms with Crippen LogP contribution in [0, 0.1) is 13.8 Å². The van der Waals surface area contributed by atoms with Crippen molar-refractivity contribution in [1.82, 2.24) is 0 Å². The Balaban J connectivity index is 2.00. The van der Waals surface area contributed by atoms with Gasteiger partial charge in [-0.1, -0.05) is 27.7 Å². The molecule has 2 aromatic heterocycles. The van der Waals surface area contributed by atoms with Crippen LogP contribution in [0.15, 0.2) is 22.9 Å². The summed E-state index contributed by atoms with van der Waals surface area (Å²) in [5.41, 5.74) is 12.5. The van der Waals surface area contributed by atoms with Crippen LogP contribution in [0.4, 0.5) is 0 Å². The zero-order valence-corrected chi connectivity index (χ0v) is 16.8. The first kappa shape index (κ1) is 14.9. The van der Waals surface area contributed by atoms with Gasteiger partial charge < -0.3 is 0 Å². The quantitative estimate of drug-likeness (QED) is 0.408. The predicted octanol–water partition coefficient (Wildman–Crippen LogP) is 7.04. The third-order valence-corrected chi connectivity index (χ3v) is 8.25. The Morgan fingerprint density at radius 3 is 1.42 bits per heavy atom. The van der Waals surface area contributed by atoms with Gasteiger partial charge in [0.05, 0.1) is 0 Å². The van der Waals surface area contributed by atoms with Gasteiger partial charge in [0.2, 0.25) is 0 Å². The Bertz CT molecular complexity index is 941. The van der Waals surface area contributed by atoms with Crippen molar-refractivity contribution < 1.29 is 0 Å². The third-order valence-electron chi connectivity index (χ3n) is 6.38. The lowest BCUT2D eigenvalue weighted by atomic mass is 9.74. The predicted molar refractivity (Wildman–Crippen MR) is 107 cm³/mol. The van der Waals surface area contributed by atoms with E-state index in [-0.39, 0.29) is 10.8 Å². The lowest BCUT2D eigenvalue weighted by Crippen LogP contribution is -2.20. The smallest absolute Gasteiger partial charge is 0.0389 e. The van der Waals surface area contributed by atoms with E-state index >= 15 is 0 Å². The van der Waals surface area contributed by atoms with Gasteiger partial charge in [-0.05, 0) is 81.2 Å². The van der Waals surface area contributed by atoms with Crippen LogP contribution in [0.1, 0.15) is 61.1 Å². The lowest BCUT2D eigenvalue weighted by Gasteiger charge is -2.29. The van der Waals surface area contributed by atoms with Crippen molar-refractivity contribution in [3.05, 3.63) is 56.3 Å². The van der Waals surface area contributed by atoms with Crippen LogP contribution in [-0.2, 0) is 10.8 Å². The normalized spacial score (nSPS) is 18.2. The molecular weight excluding hydrogens is 328 g/mol. The first-order valence-electron chi connectivity index (χ1n) is 8.62. The highest BCUT2D eigenvalue weighted by atomic mass is 32.1. The van der Waals surface area contributed by atoms with Gasteiger partial charge in [0.25, 0.3) is 0 Å². The topological polar surface area (TPSA) is 0 Å². The van der Waals surface area contributed by atoms with Crippen molar-refractivity contribution in [2.75, 3.05) is 0 Å². The summed E-state index contributed by atoms with van der Waals surface area (Å²) in [6.45, 7) is 14.3. The Morgan fingerprint density at radius 2 is 1.04 bits per heavy atom. The first-order chi connectivity index (χ1) is 11.3. The number of benzene rings is 1. The van der Waals surface area contributed by atoms with E-state index in [9.17, 15) is 0 Å². The van der Waals surface area contributed by atoms with E-state index in [1.165, 1.54) is 43.1 Å². The summed E-state index contributed by atoms with van der Waals surface area (Å²) in [5, 5.41) is 4.53. The third kappa shape index (κ3) is 1.43. The van der Waals surface area contributed by atoms with Gasteiger partial charge in [-0.3, -0.25) is 0 Å². The minimum Gasteiger partial charge on any atom is -0.143 e. The average molecular weight is 351 g/mol. The molecule has 24 heavy (non-hydrogen) atoms. The molecule has 2 aliphatic carbocycles. The minimum absolute atomic E-state index is 0.110. The average Bonchev–Trinajstić information content (AvgIpc) is 3.21. The SMILES string of the molecule is Cc1c2c(c(C)c3c1C(C)(C)c1ccsc1-3)C(C)(C)c1ccsc1-2. The summed E-state index contributed by atoms with van der Waals surface area (Å²) in [6, 6.07) is 4.68. The molecule has 0 radical (unpaired) electrons. The Hall–Kier alpha value is -1.38. The molecular formula is C22H22S2. The number of rotatable bonds is 0. The fraction of sp³-hybridized carbons (Fsp3) is 0.364. The zero-order chi connectivity index (χ0) is 17.0. The zero-order valence-electron chi connectivity index (χ0n) is 15.1. The monoisotopic (exact) mass is 350 g/mol. The van der Waals surface area contributed by atoms with E-state index < -0.39 is 0 Å². The molecule has 0 aliphatic heterocycles. The van der Waals surface area contributed by atoms with E-state index in [4.69, 9.17) is 0 Å². The van der Waals surface area contributed by atoms with Crippen molar-refractivity contribution >= 4 is 22.7 Å². The maximum Gasteiger partial charge on any atom is 0.0389 e. The molecule has 2 aliphatic rings. The second-order valence-electron chi connectivity index (χ2n) is 8.33. The molecule has 0 saturated carbocycles. The van der Waals surface area contributed by atoms with Gasteiger partial charge >= 0.3 is 0 Å². The first-order valence-corrected chi connectivity index (χ1v) is 10.4. The molecule has 0 nitrogen and oxygen atoms in total. The number of fused-ring (bicyclic) bond motifs is 6. The van der Waals surface area contributed by atoms with Crippen LogP contribution >= 0.6 is 22.7 Å². The molecule has 122 valence electrons. The van der Waals surface area contributed by atoms with Gasteiger partial charge in [0, 0.05) is 20.6 Å². The second-order valence-corrected chi connectivity index (χ2v) is 10.2. The van der Waals surface area contributed by atoms with Crippen LogP contribution < -0.4 is 0 Å². The molecule has 0 amide bonds. The summed E-state index contributed by atoms with van der Waals surface area (Å²) in [7, 11) is 0. The maximum atomic E-state index is 2.40. The van der Waals surface area contributed by atoms with Crippen molar-refractivity contribution in [3.63, 3.8) is 0 Å². The molecule has 5 rings (SSSR count). The van der Waals surface area contributed by atoms with Gasteiger partial charge in [0.1, 0.15) is 0 Å². The fourth-order valence-electron chi connectivity index (χ4n) is 5.39. The van der Waals surface area contributed by atoms with E-state index in [2.05, 4.69) is 64.4 Å². The van der Waals surface area contributed by atoms with E-state index in [0.717, 1.165) is 0 Å². The van der Waals surface area contributed by atoms with Crippen LogP contribution in [0.3, 0.4) is 0 Å². The van der Waals surface area contributed by atoms with Crippen LogP contribution in [-0.4, -0.2) is 0 Å². The molecule has 0 spiro atoms. The molecule has 2 heterocycles. The summed E-state index contributed by atoms with van der Waals surface area (Å²) in [4.78, 5) is 3.01. The van der Waals surface area contributed by atoms with Crippen LogP contribution in [0.5, 0.6) is 0 Å². The standard InChI is InChI=1S/C22H22S2/c1-11-15-18(22(5,6)13-7-9-23-19(13)15)12(2)16-17(11)21(3,4)14-8-10-24-20(14)16/h7-10H,1-6H3. The van der Waals surface area contributed by atoms with Crippen molar-refractivity contribution in [1.29, 1.82) is 0 Å². The summed E-state index contributed by atoms with van der Waals surface area (Å²) < 4.78 is 0. The molecule has 0 N–H and O–H groups in total. The fourth-order valence-corrected chi connectivity index (χ4v) is 7.72. The molecule has 0 atom stereocenters. The van der Waals surface area contributed by atoms with E-state index in [1.54, 1.807) is 11.1 Å². The molecule has 3 aromatic rings. The number of hydrogen-bond donors (Lipinski definition) is 0. The highest BCUT2D eigenvalue weighted by Gasteiger charge is 2.46. The molecule has 0 bridgehead atoms. The van der Waals surface area contributed by atoms with Gasteiger partial charge in [0.15, 0.2) is 0 Å². The van der Waals surface area contributed by atoms with Crippen molar-refractivity contribution in [2.24, 2.45) is 0 Å². The molecule has 0 unspecified atom stereocenters. The molecule has 0 saturated heterocycles. The van der Waals surface area contributed by atoms with E-state index in [1.807, 2.05) is 22.7 Å². The lowest BCUT2D eigenvalue weighted by molar-refractivity contribution is 0.646. The Labute approximate surface area is 152 Å². The highest BCUT2D eigenvalue weighted by Crippen LogP contribution is 2.61. The highest BCUT2D eigenvalue weighted by molar-refractivity contribution is 7.14. The summed E-state index contributed by atoms with van der Waals surface area (Å²) in [5.74, 6) is 0. The Kier molecular flexibility index (Phi) is 2.63. The minimum atomic E-state index is 0.110. The molecule has 0 fully saturated rings. The van der Waals surface area contributed by atoms with Crippen molar-refractivity contribution in [2.45, 2.75) is 52.4 Å². The van der Waals surface area contributed by atoms with E-state index in [0.29, 0.717) is 0 Å². The van der Waals surface area contributed by atoms with Crippen molar-refractivity contribution in [3.8, 4) is 20.9 Å². The second kappa shape index (κ2) is 4.23. The number of thiophene rings is 2. The van der Waals surface area contributed by atoms with Gasteiger partial charge in [-0.2, -0.15) is 0 Å². The van der Waals surface area contributed by atoms with Gasteiger partial charge in [-0.15, -0.1) is 22.7 Å². The largest absolute Gasteiger partial charge is 0.143 e. The summed E-state index contributed by atoms with van der Waals surface area (Å²) >= 11 is 3.83.